The van der Waals surface area contributed by atoms with Crippen molar-refractivity contribution >= 4 is 0 Å². The molecule has 1 atom stereocenters. The molecule has 0 aromatic heterocycles. The number of nitrogens with two attached hydrogens (primary N) is 1. The quantitative estimate of drug-likeness (QED) is 0.706. The molecule has 0 heterocycles. The van der Waals surface area contributed by atoms with E-state index < -0.39 is 0 Å². The van der Waals surface area contributed by atoms with Crippen molar-refractivity contribution < 1.29 is 0 Å². The van der Waals surface area contributed by atoms with E-state index in [-0.39, 0.29) is 0 Å². The van der Waals surface area contributed by atoms with E-state index in [9.17, 15) is 0 Å². The van der Waals surface area contributed by atoms with E-state index >= 15 is 0 Å². The van der Waals surface area contributed by atoms with Gasteiger partial charge in [0.15, 0.2) is 0 Å². The van der Waals surface area contributed by atoms with E-state index in [2.05, 4.69) is 37.8 Å². The largest absolute Gasteiger partial charge is 0.328 e. The van der Waals surface area contributed by atoms with Crippen molar-refractivity contribution in [1.82, 2.24) is 0 Å². The van der Waals surface area contributed by atoms with Crippen molar-refractivity contribution in [2.24, 2.45) is 5.73 Å². The summed E-state index contributed by atoms with van der Waals surface area (Å²) in [6.07, 6.45) is 6.16. The third kappa shape index (κ3) is 4.80. The second-order valence-electron chi connectivity index (χ2n) is 4.15. The minimum absolute atomic E-state index is 0.310. The monoisotopic (exact) mass is 203 g/mol. The van der Waals surface area contributed by atoms with Crippen LogP contribution in [0.5, 0.6) is 0 Å². The summed E-state index contributed by atoms with van der Waals surface area (Å²) < 4.78 is 0. The lowest BCUT2D eigenvalue weighted by Crippen LogP contribution is -2.20. The van der Waals surface area contributed by atoms with E-state index in [0.29, 0.717) is 6.04 Å². The molecular formula is C14H21N. The van der Waals surface area contributed by atoms with E-state index in [1.807, 2.05) is 6.08 Å². The maximum absolute atomic E-state index is 5.99. The molecule has 0 aliphatic rings. The topological polar surface area (TPSA) is 26.0 Å². The Morgan fingerprint density at radius 2 is 1.93 bits per heavy atom. The first-order valence-corrected chi connectivity index (χ1v) is 5.64. The average Bonchev–Trinajstić information content (AvgIpc) is 2.25. The summed E-state index contributed by atoms with van der Waals surface area (Å²) in [6, 6.07) is 9.00. The molecule has 1 unspecified atom stereocenters. The van der Waals surface area contributed by atoms with Crippen molar-refractivity contribution in [1.29, 1.82) is 0 Å². The highest BCUT2D eigenvalue weighted by Crippen LogP contribution is 2.08. The lowest BCUT2D eigenvalue weighted by molar-refractivity contribution is 0.574. The number of allylic oxidation sites excluding steroid dienone is 1. The van der Waals surface area contributed by atoms with Gasteiger partial charge in [0.2, 0.25) is 0 Å². The third-order valence-corrected chi connectivity index (χ3v) is 2.67. The van der Waals surface area contributed by atoms with Crippen LogP contribution in [0.3, 0.4) is 0 Å². The van der Waals surface area contributed by atoms with Gasteiger partial charge in [-0.05, 0) is 38.2 Å². The Hall–Kier alpha value is -1.08. The number of hydrogen-bond donors (Lipinski definition) is 1. The fourth-order valence-corrected chi connectivity index (χ4v) is 1.58. The molecule has 0 spiro atoms. The molecule has 0 fully saturated rings. The van der Waals surface area contributed by atoms with Crippen LogP contribution in [-0.2, 0) is 6.42 Å². The summed E-state index contributed by atoms with van der Waals surface area (Å²) in [5.74, 6) is 0. The number of rotatable bonds is 6. The molecular weight excluding hydrogens is 182 g/mol. The molecule has 1 rings (SSSR count). The van der Waals surface area contributed by atoms with Crippen LogP contribution in [0, 0.1) is 6.92 Å². The Kier molecular flexibility index (Phi) is 5.13. The Labute approximate surface area is 93.0 Å². The van der Waals surface area contributed by atoms with Gasteiger partial charge in [-0.2, -0.15) is 0 Å². The van der Waals surface area contributed by atoms with Crippen molar-refractivity contribution in [2.45, 2.75) is 38.6 Å². The van der Waals surface area contributed by atoms with Gasteiger partial charge in [0, 0.05) is 6.04 Å². The van der Waals surface area contributed by atoms with Crippen LogP contribution in [0.25, 0.3) is 0 Å². The fourth-order valence-electron chi connectivity index (χ4n) is 1.58. The van der Waals surface area contributed by atoms with Gasteiger partial charge >= 0.3 is 0 Å². The molecule has 82 valence electrons. The van der Waals surface area contributed by atoms with Crippen LogP contribution >= 0.6 is 0 Å². The molecule has 0 radical (unpaired) electrons. The van der Waals surface area contributed by atoms with Gasteiger partial charge in [-0.3, -0.25) is 0 Å². The highest BCUT2D eigenvalue weighted by molar-refractivity contribution is 5.21. The standard InChI is InChI=1S/C14H21N/c1-3-4-5-14(15)11-10-13-8-6-12(2)7-9-13/h3,6-9,14H,1,4-5,10-11,15H2,2H3. The van der Waals surface area contributed by atoms with Crippen LogP contribution < -0.4 is 5.73 Å². The molecule has 1 aromatic rings. The van der Waals surface area contributed by atoms with Crippen LogP contribution in [0.2, 0.25) is 0 Å². The van der Waals surface area contributed by atoms with Crippen LogP contribution in [0.4, 0.5) is 0 Å². The maximum atomic E-state index is 5.99. The maximum Gasteiger partial charge on any atom is 0.00449 e. The molecule has 0 saturated heterocycles. The fraction of sp³-hybridized carbons (Fsp3) is 0.429. The molecule has 0 saturated carbocycles. The lowest BCUT2D eigenvalue weighted by atomic mass is 10.0. The van der Waals surface area contributed by atoms with Gasteiger partial charge in [0.1, 0.15) is 0 Å². The van der Waals surface area contributed by atoms with Gasteiger partial charge < -0.3 is 5.73 Å². The predicted octanol–water partition coefficient (Wildman–Crippen LogP) is 3.22. The molecule has 0 aliphatic carbocycles. The minimum Gasteiger partial charge on any atom is -0.328 e. The molecule has 2 N–H and O–H groups in total. The SMILES string of the molecule is C=CCCC(N)CCc1ccc(C)cc1. The second-order valence-corrected chi connectivity index (χ2v) is 4.15. The molecule has 1 heteroatoms. The van der Waals surface area contributed by atoms with E-state index in [1.54, 1.807) is 0 Å². The lowest BCUT2D eigenvalue weighted by Gasteiger charge is -2.09. The van der Waals surface area contributed by atoms with Crippen LogP contribution in [0.15, 0.2) is 36.9 Å². The van der Waals surface area contributed by atoms with Crippen molar-refractivity contribution in [3.05, 3.63) is 48.0 Å². The summed E-state index contributed by atoms with van der Waals surface area (Å²) in [5.41, 5.74) is 8.69. The summed E-state index contributed by atoms with van der Waals surface area (Å²) in [7, 11) is 0. The first-order valence-electron chi connectivity index (χ1n) is 5.64. The Balaban J connectivity index is 2.30. The van der Waals surface area contributed by atoms with Crippen molar-refractivity contribution in [3.8, 4) is 0 Å². The summed E-state index contributed by atoms with van der Waals surface area (Å²) in [6.45, 7) is 5.82. The van der Waals surface area contributed by atoms with Crippen molar-refractivity contribution in [3.63, 3.8) is 0 Å². The van der Waals surface area contributed by atoms with Gasteiger partial charge in [-0.25, -0.2) is 0 Å². The molecule has 1 aromatic carbocycles. The van der Waals surface area contributed by atoms with Crippen molar-refractivity contribution in [2.75, 3.05) is 0 Å². The Morgan fingerprint density at radius 3 is 2.53 bits per heavy atom. The van der Waals surface area contributed by atoms with Gasteiger partial charge in [0.25, 0.3) is 0 Å². The third-order valence-electron chi connectivity index (χ3n) is 2.67. The first-order chi connectivity index (χ1) is 7.22. The molecule has 0 aliphatic heterocycles. The number of aryl methyl sites for hydroxylation is 2. The zero-order valence-corrected chi connectivity index (χ0v) is 9.58. The number of hydrogen-bond acceptors (Lipinski definition) is 1. The Morgan fingerprint density at radius 1 is 1.27 bits per heavy atom. The van der Waals surface area contributed by atoms with E-state index in [0.717, 1.165) is 25.7 Å². The van der Waals surface area contributed by atoms with Gasteiger partial charge in [-0.1, -0.05) is 35.9 Å². The van der Waals surface area contributed by atoms with E-state index in [1.165, 1.54) is 11.1 Å². The normalized spacial score (nSPS) is 12.4. The smallest absolute Gasteiger partial charge is 0.00449 e. The van der Waals surface area contributed by atoms with E-state index in [4.69, 9.17) is 5.73 Å². The predicted molar refractivity (Wildman–Crippen MR) is 66.9 cm³/mol. The second kappa shape index (κ2) is 6.41. The minimum atomic E-state index is 0.310. The molecule has 15 heavy (non-hydrogen) atoms. The molecule has 0 amide bonds. The molecule has 1 nitrogen and oxygen atoms in total. The van der Waals surface area contributed by atoms with Gasteiger partial charge in [-0.15, -0.1) is 6.58 Å². The number of benzene rings is 1. The average molecular weight is 203 g/mol. The van der Waals surface area contributed by atoms with Crippen LogP contribution in [0.1, 0.15) is 30.4 Å². The van der Waals surface area contributed by atoms with Crippen LogP contribution in [-0.4, -0.2) is 6.04 Å². The highest BCUT2D eigenvalue weighted by atomic mass is 14.6. The summed E-state index contributed by atoms with van der Waals surface area (Å²) in [4.78, 5) is 0. The van der Waals surface area contributed by atoms with Gasteiger partial charge in [0.05, 0.1) is 0 Å². The summed E-state index contributed by atoms with van der Waals surface area (Å²) >= 11 is 0. The Bertz CT molecular complexity index is 287. The highest BCUT2D eigenvalue weighted by Gasteiger charge is 2.01. The first kappa shape index (κ1) is 12.0. The zero-order chi connectivity index (χ0) is 11.1. The zero-order valence-electron chi connectivity index (χ0n) is 9.58. The summed E-state index contributed by atoms with van der Waals surface area (Å²) in [5, 5.41) is 0. The molecule has 0 bridgehead atoms.